The summed E-state index contributed by atoms with van der Waals surface area (Å²) in [4.78, 5) is 0. The van der Waals surface area contributed by atoms with Crippen molar-refractivity contribution >= 4 is 26.8 Å². The molecule has 1 heterocycles. The SMILES string of the molecule is Cn1nc(CC(CO)c2ccc(Br)cc2)c2ccccc21. The average Bonchev–Trinajstić information content (AvgIpc) is 2.83. The van der Waals surface area contributed by atoms with Crippen LogP contribution in [0.25, 0.3) is 10.9 Å². The van der Waals surface area contributed by atoms with Crippen LogP contribution in [0.1, 0.15) is 17.2 Å². The first kappa shape index (κ1) is 14.3. The van der Waals surface area contributed by atoms with Gasteiger partial charge >= 0.3 is 0 Å². The van der Waals surface area contributed by atoms with Crippen molar-refractivity contribution in [1.82, 2.24) is 9.78 Å². The van der Waals surface area contributed by atoms with E-state index in [1.807, 2.05) is 36.0 Å². The Labute approximate surface area is 132 Å². The highest BCUT2D eigenvalue weighted by Crippen LogP contribution is 2.26. The predicted octanol–water partition coefficient (Wildman–Crippen LogP) is 3.65. The van der Waals surface area contributed by atoms with E-state index in [4.69, 9.17) is 0 Å². The Morgan fingerprint density at radius 1 is 1.14 bits per heavy atom. The Morgan fingerprint density at radius 3 is 2.57 bits per heavy atom. The van der Waals surface area contributed by atoms with Gasteiger partial charge in [0.2, 0.25) is 0 Å². The van der Waals surface area contributed by atoms with Crippen LogP contribution < -0.4 is 0 Å². The Balaban J connectivity index is 1.94. The number of aromatic nitrogens is 2. The highest BCUT2D eigenvalue weighted by Gasteiger charge is 2.16. The van der Waals surface area contributed by atoms with Crippen LogP contribution in [0.2, 0.25) is 0 Å². The summed E-state index contributed by atoms with van der Waals surface area (Å²) < 4.78 is 2.95. The number of aryl methyl sites for hydroxylation is 1. The molecule has 4 heteroatoms. The summed E-state index contributed by atoms with van der Waals surface area (Å²) in [6.07, 6.45) is 0.736. The number of hydrogen-bond donors (Lipinski definition) is 1. The average molecular weight is 345 g/mol. The molecule has 0 amide bonds. The molecule has 0 aliphatic heterocycles. The van der Waals surface area contributed by atoms with Gasteiger partial charge in [-0.25, -0.2) is 0 Å². The first-order chi connectivity index (χ1) is 10.2. The van der Waals surface area contributed by atoms with Gasteiger partial charge < -0.3 is 5.11 Å². The fraction of sp³-hybridized carbons (Fsp3) is 0.235. The number of aliphatic hydroxyl groups excluding tert-OH is 1. The molecule has 3 rings (SSSR count). The summed E-state index contributed by atoms with van der Waals surface area (Å²) in [5, 5.41) is 15.5. The van der Waals surface area contributed by atoms with E-state index in [2.05, 4.69) is 45.3 Å². The molecule has 0 saturated heterocycles. The quantitative estimate of drug-likeness (QED) is 0.784. The maximum Gasteiger partial charge on any atom is 0.0710 e. The number of nitrogens with zero attached hydrogens (tertiary/aromatic N) is 2. The minimum atomic E-state index is 0.0661. The van der Waals surface area contributed by atoms with E-state index in [1.165, 1.54) is 0 Å². The van der Waals surface area contributed by atoms with Gasteiger partial charge in [0.25, 0.3) is 0 Å². The number of aliphatic hydroxyl groups is 1. The molecule has 1 aromatic heterocycles. The number of rotatable bonds is 4. The van der Waals surface area contributed by atoms with Crippen LogP contribution >= 0.6 is 15.9 Å². The molecular weight excluding hydrogens is 328 g/mol. The van der Waals surface area contributed by atoms with Gasteiger partial charge in [-0.2, -0.15) is 5.10 Å². The molecule has 0 aliphatic rings. The number of benzene rings is 2. The van der Waals surface area contributed by atoms with Crippen molar-refractivity contribution in [3.05, 3.63) is 64.3 Å². The zero-order chi connectivity index (χ0) is 14.8. The van der Waals surface area contributed by atoms with Gasteiger partial charge in [0.1, 0.15) is 0 Å². The van der Waals surface area contributed by atoms with Crippen molar-refractivity contribution in [2.24, 2.45) is 7.05 Å². The minimum Gasteiger partial charge on any atom is -0.396 e. The van der Waals surface area contributed by atoms with E-state index in [1.54, 1.807) is 0 Å². The summed E-state index contributed by atoms with van der Waals surface area (Å²) >= 11 is 3.44. The van der Waals surface area contributed by atoms with E-state index < -0.39 is 0 Å². The topological polar surface area (TPSA) is 38.0 Å². The first-order valence-corrected chi connectivity index (χ1v) is 7.75. The third-order valence-corrected chi connectivity index (χ3v) is 4.36. The van der Waals surface area contributed by atoms with Gasteiger partial charge in [-0.3, -0.25) is 4.68 Å². The first-order valence-electron chi connectivity index (χ1n) is 6.96. The molecule has 2 aromatic carbocycles. The Morgan fingerprint density at radius 2 is 1.86 bits per heavy atom. The Hall–Kier alpha value is -1.65. The molecule has 0 fully saturated rings. The standard InChI is InChI=1S/C17H17BrN2O/c1-20-17-5-3-2-4-15(17)16(19-20)10-13(11-21)12-6-8-14(18)9-7-12/h2-9,13,21H,10-11H2,1H3. The second kappa shape index (κ2) is 6.00. The van der Waals surface area contributed by atoms with Gasteiger partial charge in [0, 0.05) is 29.2 Å². The van der Waals surface area contributed by atoms with E-state index >= 15 is 0 Å². The maximum absolute atomic E-state index is 9.74. The van der Waals surface area contributed by atoms with E-state index in [-0.39, 0.29) is 12.5 Å². The smallest absolute Gasteiger partial charge is 0.0710 e. The fourth-order valence-corrected chi connectivity index (χ4v) is 2.96. The van der Waals surface area contributed by atoms with E-state index in [0.29, 0.717) is 0 Å². The Kier molecular flexibility index (Phi) is 4.08. The molecular formula is C17H17BrN2O. The maximum atomic E-state index is 9.74. The summed E-state index contributed by atoms with van der Waals surface area (Å²) in [7, 11) is 1.96. The normalized spacial score (nSPS) is 12.7. The monoisotopic (exact) mass is 344 g/mol. The molecule has 1 atom stereocenters. The van der Waals surface area contributed by atoms with Crippen molar-refractivity contribution in [3.8, 4) is 0 Å². The highest BCUT2D eigenvalue weighted by molar-refractivity contribution is 9.10. The largest absolute Gasteiger partial charge is 0.396 e. The zero-order valence-electron chi connectivity index (χ0n) is 11.8. The second-order valence-electron chi connectivity index (χ2n) is 5.22. The molecule has 0 aliphatic carbocycles. The number of hydrogen-bond acceptors (Lipinski definition) is 2. The summed E-state index contributed by atoms with van der Waals surface area (Å²) in [6, 6.07) is 16.3. The second-order valence-corrected chi connectivity index (χ2v) is 6.14. The van der Waals surface area contributed by atoms with Gasteiger partial charge in [0.05, 0.1) is 17.8 Å². The van der Waals surface area contributed by atoms with Crippen LogP contribution in [0.4, 0.5) is 0 Å². The van der Waals surface area contributed by atoms with Crippen LogP contribution in [0, 0.1) is 0 Å². The Bertz CT molecular complexity index is 749. The summed E-state index contributed by atoms with van der Waals surface area (Å²) in [5.74, 6) is 0.0661. The van der Waals surface area contributed by atoms with Gasteiger partial charge in [-0.05, 0) is 23.8 Å². The third-order valence-electron chi connectivity index (χ3n) is 3.84. The van der Waals surface area contributed by atoms with Gasteiger partial charge in [-0.1, -0.05) is 46.3 Å². The van der Waals surface area contributed by atoms with E-state index in [9.17, 15) is 5.11 Å². The minimum absolute atomic E-state index is 0.0661. The van der Waals surface area contributed by atoms with Crippen molar-refractivity contribution in [3.63, 3.8) is 0 Å². The lowest BCUT2D eigenvalue weighted by Gasteiger charge is -2.13. The molecule has 0 radical (unpaired) electrons. The molecule has 3 nitrogen and oxygen atoms in total. The molecule has 1 unspecified atom stereocenters. The van der Waals surface area contributed by atoms with Crippen molar-refractivity contribution in [2.45, 2.75) is 12.3 Å². The summed E-state index contributed by atoms with van der Waals surface area (Å²) in [5.41, 5.74) is 3.30. The van der Waals surface area contributed by atoms with Crippen molar-refractivity contribution < 1.29 is 5.11 Å². The van der Waals surface area contributed by atoms with Crippen LogP contribution in [0.5, 0.6) is 0 Å². The molecule has 1 N–H and O–H groups in total. The van der Waals surface area contributed by atoms with Crippen molar-refractivity contribution in [1.29, 1.82) is 0 Å². The number of halogens is 1. The molecule has 0 saturated carbocycles. The lowest BCUT2D eigenvalue weighted by molar-refractivity contribution is 0.264. The van der Waals surface area contributed by atoms with Gasteiger partial charge in [0.15, 0.2) is 0 Å². The van der Waals surface area contributed by atoms with Crippen LogP contribution in [0.15, 0.2) is 53.0 Å². The highest BCUT2D eigenvalue weighted by atomic mass is 79.9. The number of fused-ring (bicyclic) bond motifs is 1. The molecule has 108 valence electrons. The molecule has 0 spiro atoms. The third kappa shape index (κ3) is 2.87. The lowest BCUT2D eigenvalue weighted by atomic mass is 9.94. The van der Waals surface area contributed by atoms with E-state index in [0.717, 1.165) is 33.1 Å². The van der Waals surface area contributed by atoms with Crippen LogP contribution in [0.3, 0.4) is 0 Å². The fourth-order valence-electron chi connectivity index (χ4n) is 2.70. The van der Waals surface area contributed by atoms with Gasteiger partial charge in [-0.15, -0.1) is 0 Å². The summed E-state index contributed by atoms with van der Waals surface area (Å²) in [6.45, 7) is 0.118. The predicted molar refractivity (Wildman–Crippen MR) is 88.4 cm³/mol. The zero-order valence-corrected chi connectivity index (χ0v) is 13.4. The molecule has 0 bridgehead atoms. The van der Waals surface area contributed by atoms with Crippen LogP contribution in [-0.2, 0) is 13.5 Å². The number of para-hydroxylation sites is 1. The lowest BCUT2D eigenvalue weighted by Crippen LogP contribution is -2.08. The van der Waals surface area contributed by atoms with Crippen LogP contribution in [-0.4, -0.2) is 21.5 Å². The van der Waals surface area contributed by atoms with Crippen molar-refractivity contribution in [2.75, 3.05) is 6.61 Å². The molecule has 3 aromatic rings. The molecule has 21 heavy (non-hydrogen) atoms.